The number of hydrogen-bond acceptors (Lipinski definition) is 16. The van der Waals surface area contributed by atoms with E-state index in [1.807, 2.05) is 0 Å². The van der Waals surface area contributed by atoms with E-state index in [0.29, 0.717) is 0 Å². The molecule has 0 unspecified atom stereocenters. The molecule has 0 heterocycles. The third-order valence-corrected chi connectivity index (χ3v) is 19.3. The van der Waals surface area contributed by atoms with E-state index in [1.54, 1.807) is 0 Å². The monoisotopic (exact) mass is 726 g/mol. The molecular weight excluding hydrogens is 713 g/mol. The third-order valence-electron chi connectivity index (χ3n) is 4.46. The first-order valence-corrected chi connectivity index (χ1v) is 19.5. The lowest BCUT2D eigenvalue weighted by Crippen LogP contribution is -2.83. The summed E-state index contributed by atoms with van der Waals surface area (Å²) in [5.74, 6) is -6.83. The molecule has 230 valence electrons. The van der Waals surface area contributed by atoms with Gasteiger partial charge < -0.3 is 0 Å². The summed E-state index contributed by atoms with van der Waals surface area (Å²) in [4.78, 5) is 0. The van der Waals surface area contributed by atoms with Crippen LogP contribution in [0.2, 0.25) is 0 Å². The molecule has 24 nitrogen and oxygen atoms in total. The molecule has 0 saturated carbocycles. The molecule has 0 aliphatic heterocycles. The Morgan fingerprint density at radius 3 is 0.789 bits per heavy atom. The fraction of sp³-hybridized carbons (Fsp3) is 1.00. The lowest BCUT2D eigenvalue weighted by atomic mass is 10.1. The van der Waals surface area contributed by atoms with E-state index >= 15 is 0 Å². The smallest absolute Gasteiger partial charge is 0.286 e. The van der Waals surface area contributed by atoms with Crippen LogP contribution >= 0.6 is 0 Å². The maximum atomic E-state index is 12.4. The van der Waals surface area contributed by atoms with Crippen LogP contribution in [0.4, 0.5) is 0 Å². The van der Waals surface area contributed by atoms with E-state index in [0.717, 1.165) is 0 Å². The number of hydrogen-bond donors (Lipinski definition) is 8. The van der Waals surface area contributed by atoms with Gasteiger partial charge in [-0.15, -0.1) is 0 Å². The average molecular weight is 727 g/mol. The molecule has 0 aliphatic rings. The number of rotatable bonds is 13. The van der Waals surface area contributed by atoms with Crippen LogP contribution in [-0.2, 0) is 80.9 Å². The van der Waals surface area contributed by atoms with Gasteiger partial charge in [-0.25, -0.2) is 0 Å². The summed E-state index contributed by atoms with van der Waals surface area (Å²) in [6.07, 6.45) is -3.39. The van der Waals surface area contributed by atoms with Crippen LogP contribution in [0.1, 0.15) is 6.42 Å². The highest BCUT2D eigenvalue weighted by molar-refractivity contribution is 8.16. The molecule has 0 saturated heterocycles. The van der Waals surface area contributed by atoms with E-state index in [1.165, 1.54) is 0 Å². The van der Waals surface area contributed by atoms with Gasteiger partial charge in [0.15, 0.2) is 0 Å². The molecule has 0 rings (SSSR count). The van der Waals surface area contributed by atoms with Gasteiger partial charge in [0.25, 0.3) is 93.2 Å². The van der Waals surface area contributed by atoms with Gasteiger partial charge in [0.2, 0.25) is 0 Å². The van der Waals surface area contributed by atoms with E-state index in [4.69, 9.17) is 9.11 Å². The van der Waals surface area contributed by atoms with Crippen molar-refractivity contribution in [1.29, 1.82) is 0 Å². The minimum Gasteiger partial charge on any atom is -0.286 e. The largest absolute Gasteiger partial charge is 0.300 e. The summed E-state index contributed by atoms with van der Waals surface area (Å²) >= 11 is 0. The lowest BCUT2D eigenvalue weighted by molar-refractivity contribution is 0.323. The summed E-state index contributed by atoms with van der Waals surface area (Å²) in [6, 6.07) is 0. The average Bonchev–Trinajstić information content (AvgIpc) is 2.47. The van der Waals surface area contributed by atoms with Crippen molar-refractivity contribution >= 4 is 80.9 Å². The van der Waals surface area contributed by atoms with E-state index in [9.17, 15) is 94.7 Å². The van der Waals surface area contributed by atoms with Gasteiger partial charge in [-0.1, -0.05) is 0 Å². The summed E-state index contributed by atoms with van der Waals surface area (Å²) in [5, 5.41) is 0. The van der Waals surface area contributed by atoms with Crippen molar-refractivity contribution in [2.75, 3.05) is 11.5 Å². The Labute approximate surface area is 214 Å². The van der Waals surface area contributed by atoms with Crippen LogP contribution in [0.15, 0.2) is 0 Å². The van der Waals surface area contributed by atoms with Gasteiger partial charge in [-0.3, -0.25) is 36.4 Å². The molecule has 0 fully saturated rings. The second kappa shape index (κ2) is 9.69. The van der Waals surface area contributed by atoms with E-state index in [-0.39, 0.29) is 0 Å². The molecule has 0 aliphatic carbocycles. The third kappa shape index (κ3) is 5.84. The van der Waals surface area contributed by atoms with Crippen molar-refractivity contribution in [2.24, 2.45) is 0 Å². The zero-order chi connectivity index (χ0) is 31.6. The zero-order valence-electron chi connectivity index (χ0n) is 17.0. The van der Waals surface area contributed by atoms with Crippen molar-refractivity contribution in [3.8, 4) is 0 Å². The van der Waals surface area contributed by atoms with Crippen molar-refractivity contribution in [3.05, 3.63) is 0 Å². The molecule has 0 aromatic carbocycles. The topological polar surface area (TPSA) is 435 Å². The molecule has 38 heavy (non-hydrogen) atoms. The Morgan fingerprint density at radius 1 is 0.368 bits per heavy atom. The molecule has 0 amide bonds. The van der Waals surface area contributed by atoms with Crippen LogP contribution in [-0.4, -0.2) is 128 Å². The minimum atomic E-state index is -8.32. The quantitative estimate of drug-likeness (QED) is 0.0820. The Morgan fingerprint density at radius 2 is 0.632 bits per heavy atom. The minimum absolute atomic E-state index is 2.84. The van der Waals surface area contributed by atoms with Gasteiger partial charge in [0, 0.05) is 6.42 Å². The second-order valence-corrected chi connectivity index (χ2v) is 20.2. The summed E-state index contributed by atoms with van der Waals surface area (Å²) < 4.78 is 247. The molecule has 0 atom stereocenters. The van der Waals surface area contributed by atoms with Crippen LogP contribution in [0.5, 0.6) is 0 Å². The van der Waals surface area contributed by atoms with Crippen LogP contribution in [0.25, 0.3) is 0 Å². The molecule has 32 heteroatoms. The van der Waals surface area contributed by atoms with Gasteiger partial charge in [0.05, 0.1) is 5.75 Å². The SMILES string of the molecule is O=S(=O)(O)CCC(C(C(CS(=O)(=O)O)(S(=O)(=O)O)S(=O)(=O)O)(S(=O)(=O)O)S(=O)(=O)O)(S(=O)(=O)O)S(=O)(=O)O. The summed E-state index contributed by atoms with van der Waals surface area (Å²) in [5.41, 5.74) is 0. The highest BCUT2D eigenvalue weighted by Crippen LogP contribution is 2.57. The molecule has 8 N–H and O–H groups in total. The Kier molecular flexibility index (Phi) is 9.50. The highest BCUT2D eigenvalue weighted by Gasteiger charge is 2.94. The molecule has 0 spiro atoms. The Bertz CT molecular complexity index is 1750. The van der Waals surface area contributed by atoms with Crippen LogP contribution < -0.4 is 0 Å². The first kappa shape index (κ1) is 37.3. The van der Waals surface area contributed by atoms with Crippen LogP contribution in [0.3, 0.4) is 0 Å². The maximum absolute atomic E-state index is 12.4. The first-order chi connectivity index (χ1) is 15.9. The van der Waals surface area contributed by atoms with Crippen molar-refractivity contribution in [2.45, 2.75) is 18.7 Å². The fourth-order valence-corrected chi connectivity index (χ4v) is 20.3. The van der Waals surface area contributed by atoms with Gasteiger partial charge >= 0.3 is 0 Å². The first-order valence-electron chi connectivity index (χ1n) is 7.64. The lowest BCUT2D eigenvalue weighted by Gasteiger charge is -2.47. The van der Waals surface area contributed by atoms with Crippen molar-refractivity contribution in [1.82, 2.24) is 0 Å². The van der Waals surface area contributed by atoms with E-state index < -0.39 is 111 Å². The van der Waals surface area contributed by atoms with Gasteiger partial charge in [0.1, 0.15) is 5.75 Å². The van der Waals surface area contributed by atoms with E-state index in [2.05, 4.69) is 0 Å². The maximum Gasteiger partial charge on any atom is 0.300 e. The van der Waals surface area contributed by atoms with Gasteiger partial charge in [-0.2, -0.15) is 67.3 Å². The summed E-state index contributed by atoms with van der Waals surface area (Å²) in [6.45, 7) is 0. The van der Waals surface area contributed by atoms with Gasteiger partial charge in [-0.05, 0) is 0 Å². The predicted molar refractivity (Wildman–Crippen MR) is 115 cm³/mol. The predicted octanol–water partition coefficient (Wildman–Crippen LogP) is -5.43. The van der Waals surface area contributed by atoms with Crippen LogP contribution in [0, 0.1) is 0 Å². The standard InChI is InChI=1S/C6H14O24S8/c7-31(8,9)2-1-4(33(13,14)15,34(16,17)18)6(37(25,26)27,38(28,29)30)5(35(19,20)21,36(22,23)24)3-32(10,11)12/h1-3H2,(H,7,8,9)(H,10,11,12)(H,13,14,15)(H,16,17,18)(H,19,20,21)(H,22,23,24)(H,25,26,27)(H,28,29,30). The molecular formula is C6H14O24S8. The fourth-order valence-electron chi connectivity index (χ4n) is 3.32. The Balaban J connectivity index is 10.1. The Hall–Kier alpha value is -0.720. The van der Waals surface area contributed by atoms with Crippen molar-refractivity contribution < 1.29 is 104 Å². The molecule has 0 aromatic heterocycles. The molecule has 0 aromatic rings. The summed E-state index contributed by atoms with van der Waals surface area (Å²) in [7, 11) is -61.5. The molecule has 0 radical (unpaired) electrons. The normalized spacial score (nSPS) is 16.3. The second-order valence-electron chi connectivity index (χ2n) is 6.74. The van der Waals surface area contributed by atoms with Crippen molar-refractivity contribution in [3.63, 3.8) is 0 Å². The molecule has 0 bridgehead atoms. The zero-order valence-corrected chi connectivity index (χ0v) is 23.5. The highest BCUT2D eigenvalue weighted by atomic mass is 32.3.